The summed E-state index contributed by atoms with van der Waals surface area (Å²) >= 11 is 0. The summed E-state index contributed by atoms with van der Waals surface area (Å²) in [4.78, 5) is 2.34. The summed E-state index contributed by atoms with van der Waals surface area (Å²) in [5.41, 5.74) is 0. The fraction of sp³-hybridized carbons (Fsp3) is 1.00. The van der Waals surface area contributed by atoms with E-state index in [1.807, 2.05) is 0 Å². The monoisotopic (exact) mass is 276 g/mol. The second-order valence-corrected chi connectivity index (χ2v) is 7.77. The number of nitrogens with one attached hydrogen (secondary N) is 1. The SMILES string of the molecule is CCCNCC(C)C(C)N1CCCS(=O)(=O)CC1. The summed E-state index contributed by atoms with van der Waals surface area (Å²) in [5.74, 6) is 1.24. The smallest absolute Gasteiger partial charge is 0.151 e. The average Bonchev–Trinajstić information content (AvgIpc) is 2.49. The fourth-order valence-corrected chi connectivity index (χ4v) is 3.69. The van der Waals surface area contributed by atoms with Gasteiger partial charge >= 0.3 is 0 Å². The average molecular weight is 276 g/mol. The molecule has 2 atom stereocenters. The Morgan fingerprint density at radius 1 is 1.22 bits per heavy atom. The Morgan fingerprint density at radius 2 is 1.94 bits per heavy atom. The van der Waals surface area contributed by atoms with Crippen LogP contribution in [-0.2, 0) is 9.84 Å². The van der Waals surface area contributed by atoms with Crippen LogP contribution in [0.25, 0.3) is 0 Å². The Kier molecular flexibility index (Phi) is 6.60. The fourth-order valence-electron chi connectivity index (χ4n) is 2.40. The lowest BCUT2D eigenvalue weighted by Gasteiger charge is -2.32. The molecule has 0 spiro atoms. The molecule has 2 unspecified atom stereocenters. The van der Waals surface area contributed by atoms with Crippen LogP contribution in [0.3, 0.4) is 0 Å². The molecule has 1 aliphatic rings. The predicted molar refractivity (Wildman–Crippen MR) is 76.6 cm³/mol. The zero-order chi connectivity index (χ0) is 13.6. The molecule has 1 rings (SSSR count). The molecule has 1 fully saturated rings. The number of sulfone groups is 1. The first-order valence-electron chi connectivity index (χ1n) is 7.11. The maximum absolute atomic E-state index is 11.6. The summed E-state index contributed by atoms with van der Waals surface area (Å²) in [6.45, 7) is 10.3. The number of hydrogen-bond acceptors (Lipinski definition) is 4. The number of rotatable bonds is 6. The van der Waals surface area contributed by atoms with Gasteiger partial charge in [-0.05, 0) is 45.3 Å². The van der Waals surface area contributed by atoms with Crippen molar-refractivity contribution in [3.05, 3.63) is 0 Å². The highest BCUT2D eigenvalue weighted by Crippen LogP contribution is 2.14. The Morgan fingerprint density at radius 3 is 2.61 bits per heavy atom. The minimum Gasteiger partial charge on any atom is -0.316 e. The minimum absolute atomic E-state index is 0.326. The standard InChI is InChI=1S/C13H28N2O2S/c1-4-6-14-11-12(2)13(3)15-7-5-9-18(16,17)10-8-15/h12-14H,4-11H2,1-3H3. The summed E-state index contributed by atoms with van der Waals surface area (Å²) < 4.78 is 23.2. The van der Waals surface area contributed by atoms with Crippen LogP contribution in [-0.4, -0.2) is 57.0 Å². The zero-order valence-corrected chi connectivity index (χ0v) is 12.8. The maximum Gasteiger partial charge on any atom is 0.151 e. The van der Waals surface area contributed by atoms with Crippen LogP contribution in [0, 0.1) is 5.92 Å². The molecule has 108 valence electrons. The molecule has 0 amide bonds. The summed E-state index contributed by atoms with van der Waals surface area (Å²) in [6.07, 6.45) is 1.94. The Hall–Kier alpha value is -0.130. The molecule has 0 aromatic heterocycles. The highest BCUT2D eigenvalue weighted by Gasteiger charge is 2.25. The van der Waals surface area contributed by atoms with Crippen molar-refractivity contribution in [2.24, 2.45) is 5.92 Å². The lowest BCUT2D eigenvalue weighted by atomic mass is 10.0. The Labute approximate surface area is 112 Å². The molecule has 4 nitrogen and oxygen atoms in total. The molecular formula is C13H28N2O2S. The van der Waals surface area contributed by atoms with Gasteiger partial charge in [-0.15, -0.1) is 0 Å². The molecule has 0 aromatic rings. The van der Waals surface area contributed by atoms with E-state index in [0.717, 1.165) is 32.5 Å². The van der Waals surface area contributed by atoms with Gasteiger partial charge in [0.05, 0.1) is 11.5 Å². The Balaban J connectivity index is 2.43. The molecule has 0 aromatic carbocycles. The van der Waals surface area contributed by atoms with Crippen LogP contribution >= 0.6 is 0 Å². The highest BCUT2D eigenvalue weighted by atomic mass is 32.2. The van der Waals surface area contributed by atoms with Crippen molar-refractivity contribution in [2.75, 3.05) is 37.7 Å². The normalized spacial score (nSPS) is 24.4. The molecule has 1 heterocycles. The maximum atomic E-state index is 11.6. The van der Waals surface area contributed by atoms with Crippen LogP contribution < -0.4 is 5.32 Å². The third-order valence-corrected chi connectivity index (χ3v) is 5.60. The minimum atomic E-state index is -2.79. The van der Waals surface area contributed by atoms with Gasteiger partial charge in [-0.2, -0.15) is 0 Å². The third kappa shape index (κ3) is 5.24. The van der Waals surface area contributed by atoms with Crippen molar-refractivity contribution in [3.8, 4) is 0 Å². The van der Waals surface area contributed by atoms with Crippen molar-refractivity contribution in [3.63, 3.8) is 0 Å². The molecule has 1 saturated heterocycles. The van der Waals surface area contributed by atoms with Gasteiger partial charge in [-0.25, -0.2) is 8.42 Å². The first kappa shape index (κ1) is 15.9. The van der Waals surface area contributed by atoms with Crippen LogP contribution in [0.5, 0.6) is 0 Å². The van der Waals surface area contributed by atoms with E-state index in [4.69, 9.17) is 0 Å². The third-order valence-electron chi connectivity index (χ3n) is 3.88. The van der Waals surface area contributed by atoms with Gasteiger partial charge in [0.25, 0.3) is 0 Å². The zero-order valence-electron chi connectivity index (χ0n) is 12.0. The van der Waals surface area contributed by atoms with Crippen LogP contribution in [0.15, 0.2) is 0 Å². The van der Waals surface area contributed by atoms with Gasteiger partial charge in [-0.3, -0.25) is 4.90 Å². The van der Waals surface area contributed by atoms with Gasteiger partial charge in [0.1, 0.15) is 0 Å². The highest BCUT2D eigenvalue weighted by molar-refractivity contribution is 7.91. The molecule has 5 heteroatoms. The van der Waals surface area contributed by atoms with E-state index >= 15 is 0 Å². The van der Waals surface area contributed by atoms with Gasteiger partial charge in [0.2, 0.25) is 0 Å². The number of hydrogen-bond donors (Lipinski definition) is 1. The van der Waals surface area contributed by atoms with Crippen molar-refractivity contribution in [1.29, 1.82) is 0 Å². The topological polar surface area (TPSA) is 49.4 Å². The van der Waals surface area contributed by atoms with E-state index < -0.39 is 9.84 Å². The molecule has 1 N–H and O–H groups in total. The lowest BCUT2D eigenvalue weighted by Crippen LogP contribution is -2.42. The second kappa shape index (κ2) is 7.46. The number of nitrogens with zero attached hydrogens (tertiary/aromatic N) is 1. The largest absolute Gasteiger partial charge is 0.316 e. The first-order chi connectivity index (χ1) is 8.46. The van der Waals surface area contributed by atoms with Crippen LogP contribution in [0.1, 0.15) is 33.6 Å². The van der Waals surface area contributed by atoms with E-state index in [2.05, 4.69) is 31.0 Å². The molecule has 1 aliphatic heterocycles. The predicted octanol–water partition coefficient (Wildman–Crippen LogP) is 1.13. The van der Waals surface area contributed by atoms with Crippen molar-refractivity contribution in [1.82, 2.24) is 10.2 Å². The van der Waals surface area contributed by atoms with Crippen molar-refractivity contribution >= 4 is 9.84 Å². The van der Waals surface area contributed by atoms with Gasteiger partial charge < -0.3 is 5.32 Å². The summed E-state index contributed by atoms with van der Waals surface area (Å²) in [7, 11) is -2.79. The van der Waals surface area contributed by atoms with Crippen molar-refractivity contribution in [2.45, 2.75) is 39.7 Å². The van der Waals surface area contributed by atoms with Crippen LogP contribution in [0.4, 0.5) is 0 Å². The molecule has 0 radical (unpaired) electrons. The quantitative estimate of drug-likeness (QED) is 0.739. The van der Waals surface area contributed by atoms with E-state index in [-0.39, 0.29) is 0 Å². The first-order valence-corrected chi connectivity index (χ1v) is 8.93. The van der Waals surface area contributed by atoms with E-state index in [9.17, 15) is 8.42 Å². The second-order valence-electron chi connectivity index (χ2n) is 5.46. The Bertz CT molecular complexity index is 330. The van der Waals surface area contributed by atoms with Crippen molar-refractivity contribution < 1.29 is 8.42 Å². The molecule has 0 saturated carbocycles. The van der Waals surface area contributed by atoms with Crippen LogP contribution in [0.2, 0.25) is 0 Å². The van der Waals surface area contributed by atoms with E-state index in [1.165, 1.54) is 0 Å². The summed E-state index contributed by atoms with van der Waals surface area (Å²) in [5, 5.41) is 3.44. The summed E-state index contributed by atoms with van der Waals surface area (Å²) in [6, 6.07) is 0.447. The van der Waals surface area contributed by atoms with Gasteiger partial charge in [0, 0.05) is 12.6 Å². The molecule has 0 aliphatic carbocycles. The molecule has 18 heavy (non-hydrogen) atoms. The molecule has 0 bridgehead atoms. The van der Waals surface area contributed by atoms with E-state index in [0.29, 0.717) is 30.0 Å². The van der Waals surface area contributed by atoms with Gasteiger partial charge in [0.15, 0.2) is 9.84 Å². The molecular weight excluding hydrogens is 248 g/mol. The van der Waals surface area contributed by atoms with E-state index in [1.54, 1.807) is 0 Å². The lowest BCUT2D eigenvalue weighted by molar-refractivity contribution is 0.171. The van der Waals surface area contributed by atoms with Gasteiger partial charge in [-0.1, -0.05) is 13.8 Å².